The third-order valence-electron chi connectivity index (χ3n) is 3.25. The number of ether oxygens (including phenoxy) is 1. The van der Waals surface area contributed by atoms with Crippen molar-refractivity contribution in [2.45, 2.75) is 32.4 Å². The van der Waals surface area contributed by atoms with Crippen molar-refractivity contribution in [2.24, 2.45) is 0 Å². The Morgan fingerprint density at radius 2 is 2.15 bits per heavy atom. The molecule has 0 atom stereocenters. The van der Waals surface area contributed by atoms with Crippen molar-refractivity contribution in [3.8, 4) is 0 Å². The van der Waals surface area contributed by atoms with Crippen LogP contribution in [0.4, 0.5) is 0 Å². The Morgan fingerprint density at radius 3 is 2.70 bits per heavy atom. The Kier molecular flexibility index (Phi) is 4.67. The lowest BCUT2D eigenvalue weighted by Crippen LogP contribution is -2.42. The quantitative estimate of drug-likeness (QED) is 0.816. The highest BCUT2D eigenvalue weighted by Crippen LogP contribution is 2.14. The number of carbonyl (C=O) groups is 2. The first-order chi connectivity index (χ1) is 9.60. The van der Waals surface area contributed by atoms with Gasteiger partial charge in [-0.25, -0.2) is 9.48 Å². The minimum absolute atomic E-state index is 0.0135. The van der Waals surface area contributed by atoms with Crippen LogP contribution in [0.25, 0.3) is 0 Å². The number of carboxylic acid groups (broad SMARTS) is 1. The summed E-state index contributed by atoms with van der Waals surface area (Å²) in [4.78, 5) is 24.5. The fourth-order valence-corrected chi connectivity index (χ4v) is 2.22. The topological polar surface area (TPSA) is 97.5 Å². The second-order valence-corrected chi connectivity index (χ2v) is 4.64. The lowest BCUT2D eigenvalue weighted by molar-refractivity contribution is -0.134. The Hall–Kier alpha value is -1.96. The SMILES string of the molecule is CCOC1CCN(C(=O)Cn2cc(C(=O)O)nn2)CC1. The van der Waals surface area contributed by atoms with Crippen LogP contribution in [0.3, 0.4) is 0 Å². The van der Waals surface area contributed by atoms with Gasteiger partial charge < -0.3 is 14.7 Å². The van der Waals surface area contributed by atoms with E-state index in [9.17, 15) is 9.59 Å². The number of likely N-dealkylation sites (tertiary alicyclic amines) is 1. The second-order valence-electron chi connectivity index (χ2n) is 4.64. The molecular weight excluding hydrogens is 264 g/mol. The van der Waals surface area contributed by atoms with Crippen molar-refractivity contribution in [3.05, 3.63) is 11.9 Å². The van der Waals surface area contributed by atoms with Gasteiger partial charge in [-0.05, 0) is 19.8 Å². The number of aromatic nitrogens is 3. The molecule has 1 amide bonds. The zero-order valence-electron chi connectivity index (χ0n) is 11.4. The van der Waals surface area contributed by atoms with Gasteiger partial charge in [-0.3, -0.25) is 4.79 Å². The van der Waals surface area contributed by atoms with Crippen LogP contribution in [0, 0.1) is 0 Å². The van der Waals surface area contributed by atoms with Crippen LogP contribution >= 0.6 is 0 Å². The van der Waals surface area contributed by atoms with Gasteiger partial charge in [0.15, 0.2) is 5.69 Å². The van der Waals surface area contributed by atoms with Gasteiger partial charge in [0.05, 0.1) is 12.3 Å². The van der Waals surface area contributed by atoms with E-state index in [-0.39, 0.29) is 24.2 Å². The molecule has 1 aromatic heterocycles. The smallest absolute Gasteiger partial charge is 0.358 e. The maximum absolute atomic E-state index is 12.1. The Bertz CT molecular complexity index is 480. The van der Waals surface area contributed by atoms with Crippen molar-refractivity contribution < 1.29 is 19.4 Å². The number of rotatable bonds is 5. The molecule has 2 rings (SSSR count). The van der Waals surface area contributed by atoms with Crippen LogP contribution in [0.5, 0.6) is 0 Å². The maximum atomic E-state index is 12.1. The van der Waals surface area contributed by atoms with E-state index in [1.165, 1.54) is 10.9 Å². The van der Waals surface area contributed by atoms with Crippen LogP contribution < -0.4 is 0 Å². The van der Waals surface area contributed by atoms with E-state index in [4.69, 9.17) is 9.84 Å². The van der Waals surface area contributed by atoms with E-state index in [1.54, 1.807) is 4.90 Å². The number of hydrogen-bond acceptors (Lipinski definition) is 5. The Morgan fingerprint density at radius 1 is 1.45 bits per heavy atom. The minimum Gasteiger partial charge on any atom is -0.476 e. The number of nitrogens with zero attached hydrogens (tertiary/aromatic N) is 4. The Balaban J connectivity index is 1.84. The molecule has 0 aromatic carbocycles. The molecule has 1 aliphatic rings. The molecule has 0 spiro atoms. The van der Waals surface area contributed by atoms with Gasteiger partial charge in [0.2, 0.25) is 5.91 Å². The summed E-state index contributed by atoms with van der Waals surface area (Å²) < 4.78 is 6.78. The average Bonchev–Trinajstić information content (AvgIpc) is 2.88. The van der Waals surface area contributed by atoms with Crippen molar-refractivity contribution >= 4 is 11.9 Å². The molecule has 0 bridgehead atoms. The summed E-state index contributed by atoms with van der Waals surface area (Å²) in [5, 5.41) is 15.8. The monoisotopic (exact) mass is 282 g/mol. The predicted octanol–water partition coefficient (Wildman–Crippen LogP) is 0.00380. The molecule has 1 fully saturated rings. The summed E-state index contributed by atoms with van der Waals surface area (Å²) in [5.74, 6) is -1.23. The Labute approximate surface area is 116 Å². The largest absolute Gasteiger partial charge is 0.476 e. The highest BCUT2D eigenvalue weighted by molar-refractivity contribution is 5.84. The van der Waals surface area contributed by atoms with Gasteiger partial charge in [-0.15, -0.1) is 5.10 Å². The molecule has 110 valence electrons. The van der Waals surface area contributed by atoms with Crippen LogP contribution in [0.15, 0.2) is 6.20 Å². The molecule has 1 aliphatic heterocycles. The van der Waals surface area contributed by atoms with E-state index in [1.807, 2.05) is 6.92 Å². The molecule has 1 N–H and O–H groups in total. The molecule has 0 radical (unpaired) electrons. The fraction of sp³-hybridized carbons (Fsp3) is 0.667. The van der Waals surface area contributed by atoms with E-state index in [0.717, 1.165) is 12.8 Å². The number of amides is 1. The molecule has 8 heteroatoms. The first-order valence-electron chi connectivity index (χ1n) is 6.63. The molecule has 0 unspecified atom stereocenters. The predicted molar refractivity (Wildman–Crippen MR) is 68.2 cm³/mol. The van der Waals surface area contributed by atoms with Gasteiger partial charge in [-0.1, -0.05) is 5.21 Å². The summed E-state index contributed by atoms with van der Waals surface area (Å²) in [5.41, 5.74) is -0.159. The highest BCUT2D eigenvalue weighted by atomic mass is 16.5. The molecule has 1 aromatic rings. The number of carboxylic acids is 1. The summed E-state index contributed by atoms with van der Waals surface area (Å²) in [6.45, 7) is 3.98. The fourth-order valence-electron chi connectivity index (χ4n) is 2.22. The van der Waals surface area contributed by atoms with Crippen LogP contribution in [0.1, 0.15) is 30.3 Å². The summed E-state index contributed by atoms with van der Waals surface area (Å²) in [6, 6.07) is 0. The van der Waals surface area contributed by atoms with Gasteiger partial charge >= 0.3 is 5.97 Å². The van der Waals surface area contributed by atoms with Crippen molar-refractivity contribution in [1.29, 1.82) is 0 Å². The van der Waals surface area contributed by atoms with E-state index in [2.05, 4.69) is 10.3 Å². The first-order valence-corrected chi connectivity index (χ1v) is 6.63. The van der Waals surface area contributed by atoms with Gasteiger partial charge in [0, 0.05) is 19.7 Å². The molecular formula is C12H18N4O4. The summed E-state index contributed by atoms with van der Waals surface area (Å²) in [7, 11) is 0. The lowest BCUT2D eigenvalue weighted by atomic mass is 10.1. The zero-order valence-corrected chi connectivity index (χ0v) is 11.4. The first kappa shape index (κ1) is 14.4. The van der Waals surface area contributed by atoms with E-state index in [0.29, 0.717) is 19.7 Å². The van der Waals surface area contributed by atoms with Crippen LogP contribution in [-0.2, 0) is 16.1 Å². The summed E-state index contributed by atoms with van der Waals surface area (Å²) in [6.07, 6.45) is 3.15. The molecule has 0 aliphatic carbocycles. The van der Waals surface area contributed by atoms with E-state index >= 15 is 0 Å². The number of piperidine rings is 1. The van der Waals surface area contributed by atoms with Crippen molar-refractivity contribution in [2.75, 3.05) is 19.7 Å². The zero-order chi connectivity index (χ0) is 14.5. The lowest BCUT2D eigenvalue weighted by Gasteiger charge is -2.31. The van der Waals surface area contributed by atoms with Crippen molar-refractivity contribution in [3.63, 3.8) is 0 Å². The van der Waals surface area contributed by atoms with Crippen molar-refractivity contribution in [1.82, 2.24) is 19.9 Å². The molecule has 8 nitrogen and oxygen atoms in total. The van der Waals surface area contributed by atoms with Crippen LogP contribution in [-0.4, -0.2) is 62.7 Å². The number of hydrogen-bond donors (Lipinski definition) is 1. The molecule has 2 heterocycles. The maximum Gasteiger partial charge on any atom is 0.358 e. The minimum atomic E-state index is -1.15. The molecule has 20 heavy (non-hydrogen) atoms. The average molecular weight is 282 g/mol. The standard InChI is InChI=1S/C12H18N4O4/c1-2-20-9-3-5-15(6-4-9)11(17)8-16-7-10(12(18)19)13-14-16/h7,9H,2-6,8H2,1H3,(H,18,19). The third-order valence-corrected chi connectivity index (χ3v) is 3.25. The molecule has 1 saturated heterocycles. The number of carbonyl (C=O) groups excluding carboxylic acids is 1. The van der Waals surface area contributed by atoms with Gasteiger partial charge in [0.25, 0.3) is 0 Å². The van der Waals surface area contributed by atoms with Gasteiger partial charge in [-0.2, -0.15) is 0 Å². The normalized spacial score (nSPS) is 16.4. The van der Waals surface area contributed by atoms with E-state index < -0.39 is 5.97 Å². The number of aromatic carboxylic acids is 1. The second kappa shape index (κ2) is 6.47. The highest BCUT2D eigenvalue weighted by Gasteiger charge is 2.23. The third kappa shape index (κ3) is 3.53. The molecule has 0 saturated carbocycles. The van der Waals surface area contributed by atoms with Crippen LogP contribution in [0.2, 0.25) is 0 Å². The van der Waals surface area contributed by atoms with Gasteiger partial charge in [0.1, 0.15) is 6.54 Å². The summed E-state index contributed by atoms with van der Waals surface area (Å²) >= 11 is 0.